The molecule has 0 bridgehead atoms. The first kappa shape index (κ1) is 18.5. The summed E-state index contributed by atoms with van der Waals surface area (Å²) in [6.45, 7) is 3.69. The number of fused-ring (bicyclic) bond motifs is 1. The number of rotatable bonds is 5. The van der Waals surface area contributed by atoms with E-state index in [2.05, 4.69) is 10.3 Å². The van der Waals surface area contributed by atoms with Gasteiger partial charge in [0.25, 0.3) is 0 Å². The molecule has 33 heavy (non-hydrogen) atoms. The van der Waals surface area contributed by atoms with Gasteiger partial charge in [-0.1, -0.05) is 5.16 Å². The van der Waals surface area contributed by atoms with Crippen molar-refractivity contribution in [2.24, 2.45) is 5.92 Å². The quantitative estimate of drug-likeness (QED) is 0.352. The third-order valence-corrected chi connectivity index (χ3v) is 7.15. The number of halogens is 1. The molecule has 2 fully saturated rings. The van der Waals surface area contributed by atoms with Gasteiger partial charge < -0.3 is 9.09 Å². The number of nitrogens with zero attached hydrogens (tertiary/aromatic N) is 5. The van der Waals surface area contributed by atoms with E-state index in [4.69, 9.17) is 9.51 Å². The molecule has 0 N–H and O–H groups in total. The molecule has 0 unspecified atom stereocenters. The lowest BCUT2D eigenvalue weighted by atomic mass is 9.81. The lowest BCUT2D eigenvalue weighted by Crippen LogP contribution is -2.27. The van der Waals surface area contributed by atoms with E-state index in [0.29, 0.717) is 43.0 Å². The van der Waals surface area contributed by atoms with Crippen molar-refractivity contribution in [3.05, 3.63) is 42.3 Å². The number of hydrogen-bond donors (Lipinski definition) is 0. The van der Waals surface area contributed by atoms with Gasteiger partial charge in [0.05, 0.1) is 31.7 Å². The van der Waals surface area contributed by atoms with E-state index in [-0.39, 0.29) is 5.92 Å². The maximum atomic E-state index is 14.5. The lowest BCUT2D eigenvalue weighted by molar-refractivity contribution is 0.0985. The summed E-state index contributed by atoms with van der Waals surface area (Å²) in [5.41, 5.74) is 4.48. The average molecular weight is 450 g/mol. The van der Waals surface area contributed by atoms with Crippen molar-refractivity contribution < 1.29 is 11.7 Å². The highest BCUT2D eigenvalue weighted by Crippen LogP contribution is 2.39. The van der Waals surface area contributed by atoms with Crippen LogP contribution in [0.2, 0.25) is 0 Å². The van der Waals surface area contributed by atoms with E-state index in [1.807, 2.05) is 43.2 Å². The third kappa shape index (κ3) is 3.77. The summed E-state index contributed by atoms with van der Waals surface area (Å²) in [5, 5.41) is 8.62. The Morgan fingerprint density at radius 1 is 1.15 bits per heavy atom. The zero-order valence-electron chi connectivity index (χ0n) is 21.3. The molecule has 6 rings (SSSR count). The molecule has 4 aromatic rings. The fourth-order valence-electron chi connectivity index (χ4n) is 5.02. The molecule has 2 saturated carbocycles. The first-order valence-corrected chi connectivity index (χ1v) is 11.8. The summed E-state index contributed by atoms with van der Waals surface area (Å²) in [7, 11) is 0. The number of alkyl halides is 1. The van der Waals surface area contributed by atoms with Gasteiger partial charge in [-0.2, -0.15) is 5.10 Å². The van der Waals surface area contributed by atoms with Gasteiger partial charge in [0.1, 0.15) is 11.4 Å². The summed E-state index contributed by atoms with van der Waals surface area (Å²) < 4.78 is 42.0. The maximum absolute atomic E-state index is 14.5. The Morgan fingerprint density at radius 3 is 2.64 bits per heavy atom. The van der Waals surface area contributed by atoms with Crippen molar-refractivity contribution in [2.75, 3.05) is 0 Å². The fourth-order valence-corrected chi connectivity index (χ4v) is 5.02. The Kier molecular flexibility index (Phi) is 4.22. The Bertz CT molecular complexity index is 1390. The van der Waals surface area contributed by atoms with Crippen LogP contribution in [0.1, 0.15) is 65.7 Å². The fraction of sp³-hybridized carbons (Fsp3) is 0.500. The van der Waals surface area contributed by atoms with Crippen molar-refractivity contribution >= 4 is 11.0 Å². The van der Waals surface area contributed by atoms with Crippen molar-refractivity contribution in [1.82, 2.24) is 24.5 Å². The van der Waals surface area contributed by atoms with Gasteiger partial charge in [0.2, 0.25) is 0 Å². The Morgan fingerprint density at radius 2 is 1.94 bits per heavy atom. The van der Waals surface area contributed by atoms with Gasteiger partial charge in [-0.25, -0.2) is 4.39 Å². The molecule has 2 aliphatic carbocycles. The predicted molar refractivity (Wildman–Crippen MR) is 126 cm³/mol. The molecule has 0 radical (unpaired) electrons. The Balaban J connectivity index is 1.50. The van der Waals surface area contributed by atoms with Gasteiger partial charge in [-0.3, -0.25) is 9.67 Å². The molecule has 4 aromatic heterocycles. The first-order valence-electron chi connectivity index (χ1n) is 12.8. The molecule has 0 amide bonds. The van der Waals surface area contributed by atoms with Crippen molar-refractivity contribution in [1.29, 1.82) is 0 Å². The number of aryl methyl sites for hydroxylation is 2. The van der Waals surface area contributed by atoms with Crippen LogP contribution in [0.3, 0.4) is 0 Å². The van der Waals surface area contributed by atoms with Crippen LogP contribution in [0.25, 0.3) is 33.3 Å². The Hall–Kier alpha value is -2.96. The summed E-state index contributed by atoms with van der Waals surface area (Å²) in [6, 6.07) is 2.43. The van der Waals surface area contributed by atoms with E-state index < -0.39 is 12.2 Å². The topological polar surface area (TPSA) is 61.7 Å². The van der Waals surface area contributed by atoms with Gasteiger partial charge in [0, 0.05) is 47.3 Å². The summed E-state index contributed by atoms with van der Waals surface area (Å²) >= 11 is 0. The van der Waals surface area contributed by atoms with Gasteiger partial charge in [-0.15, -0.1) is 0 Å². The minimum atomic E-state index is -1.70. The standard InChI is InChI=1S/C26H30FN5O/c1-16-24(17(2)33-30-16)19-10-23-25(28-11-19)22(20-12-29-32(14-20)21-4-5-21)15-31(23)13-18-6-8-26(3,27)9-7-18/h10-12,14-15,18,21H,4-9,13H2,1-3H3/i13D2. The highest BCUT2D eigenvalue weighted by molar-refractivity contribution is 5.94. The Labute approximate surface area is 195 Å². The van der Waals surface area contributed by atoms with E-state index in [1.165, 1.54) is 0 Å². The van der Waals surface area contributed by atoms with Gasteiger partial charge in [-0.05, 0) is 71.3 Å². The minimum Gasteiger partial charge on any atom is -0.361 e. The molecule has 0 aliphatic heterocycles. The van der Waals surface area contributed by atoms with Crippen LogP contribution < -0.4 is 0 Å². The minimum absolute atomic E-state index is 0.285. The molecule has 0 saturated heterocycles. The van der Waals surface area contributed by atoms with Gasteiger partial charge in [0.15, 0.2) is 0 Å². The summed E-state index contributed by atoms with van der Waals surface area (Å²) in [4.78, 5) is 4.81. The molecule has 2 aliphatic rings. The van der Waals surface area contributed by atoms with Crippen LogP contribution in [0, 0.1) is 19.8 Å². The molecule has 0 aromatic carbocycles. The van der Waals surface area contributed by atoms with Crippen molar-refractivity contribution in [3.8, 4) is 22.3 Å². The largest absolute Gasteiger partial charge is 0.361 e. The second kappa shape index (κ2) is 7.54. The maximum Gasteiger partial charge on any atom is 0.141 e. The van der Waals surface area contributed by atoms with Crippen LogP contribution in [0.15, 0.2) is 35.4 Å². The van der Waals surface area contributed by atoms with E-state index in [9.17, 15) is 7.13 Å². The average Bonchev–Trinajstić information content (AvgIpc) is 3.26. The zero-order chi connectivity index (χ0) is 24.5. The number of hydrogen-bond acceptors (Lipinski definition) is 4. The first-order chi connectivity index (χ1) is 16.6. The predicted octanol–water partition coefficient (Wildman–Crippen LogP) is 6.42. The molecule has 7 heteroatoms. The lowest BCUT2D eigenvalue weighted by Gasteiger charge is -2.31. The molecular weight excluding hydrogens is 417 g/mol. The van der Waals surface area contributed by atoms with Crippen LogP contribution in [-0.4, -0.2) is 30.2 Å². The molecular formula is C26H30FN5O. The van der Waals surface area contributed by atoms with E-state index in [1.54, 1.807) is 17.7 Å². The third-order valence-electron chi connectivity index (χ3n) is 7.15. The molecule has 6 nitrogen and oxygen atoms in total. The second-order valence-corrected chi connectivity index (χ2v) is 9.96. The molecule has 4 heterocycles. The summed E-state index contributed by atoms with van der Waals surface area (Å²) in [5.74, 6) is 0.414. The van der Waals surface area contributed by atoms with Crippen LogP contribution in [-0.2, 0) is 6.50 Å². The van der Waals surface area contributed by atoms with Crippen molar-refractivity contribution in [3.63, 3.8) is 0 Å². The van der Waals surface area contributed by atoms with Gasteiger partial charge >= 0.3 is 0 Å². The van der Waals surface area contributed by atoms with Crippen molar-refractivity contribution in [2.45, 2.75) is 77.5 Å². The van der Waals surface area contributed by atoms with E-state index in [0.717, 1.165) is 46.3 Å². The number of aromatic nitrogens is 5. The SMILES string of the molecule is [2H]C([2H])(C1CCC(C)(F)CC1)n1cc(-c2cnn(C3CC3)c2)c2ncc(-c3c(C)noc3C)cc21. The number of pyridine rings is 1. The van der Waals surface area contributed by atoms with Crippen LogP contribution in [0.5, 0.6) is 0 Å². The smallest absolute Gasteiger partial charge is 0.141 e. The molecule has 0 atom stereocenters. The van der Waals surface area contributed by atoms with Crippen LogP contribution >= 0.6 is 0 Å². The van der Waals surface area contributed by atoms with Crippen LogP contribution in [0.4, 0.5) is 4.39 Å². The second-order valence-electron chi connectivity index (χ2n) is 9.96. The highest BCUT2D eigenvalue weighted by atomic mass is 19.1. The molecule has 172 valence electrons. The highest BCUT2D eigenvalue weighted by Gasteiger charge is 2.31. The normalized spacial score (nSPS) is 24.8. The summed E-state index contributed by atoms with van der Waals surface area (Å²) in [6.07, 6.45) is 11.6. The zero-order valence-corrected chi connectivity index (χ0v) is 19.3. The van der Waals surface area contributed by atoms with E-state index >= 15 is 0 Å². The molecule has 0 spiro atoms. The monoisotopic (exact) mass is 449 g/mol.